The number of amides is 1. The zero-order valence-electron chi connectivity index (χ0n) is 18.5. The Balaban J connectivity index is 2.02. The average molecular weight is 420 g/mol. The number of ether oxygens (including phenoxy) is 1. The summed E-state index contributed by atoms with van der Waals surface area (Å²) in [4.78, 5) is 24.8. The fraction of sp³-hybridized carbons (Fsp3) is 0.320. The van der Waals surface area contributed by atoms with Gasteiger partial charge in [-0.15, -0.1) is 0 Å². The first kappa shape index (κ1) is 22.3. The second-order valence-electron chi connectivity index (χ2n) is 7.59. The molecule has 1 aromatic heterocycles. The maximum atomic E-state index is 12.5. The van der Waals surface area contributed by atoms with Crippen molar-refractivity contribution in [1.29, 1.82) is 0 Å². The van der Waals surface area contributed by atoms with E-state index in [1.54, 1.807) is 17.7 Å². The fourth-order valence-corrected chi connectivity index (χ4v) is 3.46. The number of aryl methyl sites for hydroxylation is 1. The van der Waals surface area contributed by atoms with Crippen molar-refractivity contribution in [3.8, 4) is 16.9 Å². The van der Waals surface area contributed by atoms with Gasteiger partial charge in [-0.2, -0.15) is 5.10 Å². The van der Waals surface area contributed by atoms with Crippen LogP contribution in [0.2, 0.25) is 0 Å². The molecule has 3 aromatic rings. The van der Waals surface area contributed by atoms with Gasteiger partial charge in [0.1, 0.15) is 0 Å². The number of para-hydroxylation sites is 1. The van der Waals surface area contributed by atoms with Crippen LogP contribution in [0.1, 0.15) is 49.7 Å². The van der Waals surface area contributed by atoms with E-state index in [9.17, 15) is 9.59 Å². The van der Waals surface area contributed by atoms with Crippen LogP contribution in [0.5, 0.6) is 0 Å². The summed E-state index contributed by atoms with van der Waals surface area (Å²) in [6.45, 7) is 8.04. The molecule has 0 aliphatic heterocycles. The van der Waals surface area contributed by atoms with Crippen LogP contribution in [-0.2, 0) is 9.53 Å². The molecule has 0 fully saturated rings. The standard InChI is InChI=1S/C25H29N3O3/c1-5-10-18(4)24(29)26-20-13-9-12-19(15-20)23-16-21(25(30)31-6-2)27-28(23)22-14-8-7-11-17(22)3/h7-9,11-16,18H,5-6,10H2,1-4H3,(H,26,29)/t18-/m1/s1. The molecule has 162 valence electrons. The van der Waals surface area contributed by atoms with Gasteiger partial charge >= 0.3 is 5.97 Å². The van der Waals surface area contributed by atoms with Crippen molar-refractivity contribution in [1.82, 2.24) is 9.78 Å². The predicted molar refractivity (Wildman–Crippen MR) is 122 cm³/mol. The van der Waals surface area contributed by atoms with Gasteiger partial charge in [0, 0.05) is 17.2 Å². The summed E-state index contributed by atoms with van der Waals surface area (Å²) in [7, 11) is 0. The molecule has 31 heavy (non-hydrogen) atoms. The number of nitrogens with one attached hydrogen (secondary N) is 1. The van der Waals surface area contributed by atoms with Crippen LogP contribution in [0.4, 0.5) is 5.69 Å². The Morgan fingerprint density at radius 2 is 1.87 bits per heavy atom. The van der Waals surface area contributed by atoms with Gasteiger partial charge in [0.05, 0.1) is 18.0 Å². The van der Waals surface area contributed by atoms with E-state index >= 15 is 0 Å². The Morgan fingerprint density at radius 1 is 1.10 bits per heavy atom. The summed E-state index contributed by atoms with van der Waals surface area (Å²) >= 11 is 0. The van der Waals surface area contributed by atoms with Gasteiger partial charge in [0.2, 0.25) is 5.91 Å². The van der Waals surface area contributed by atoms with E-state index in [1.807, 2.05) is 62.4 Å². The zero-order valence-corrected chi connectivity index (χ0v) is 18.5. The van der Waals surface area contributed by atoms with Crippen molar-refractivity contribution >= 4 is 17.6 Å². The zero-order chi connectivity index (χ0) is 22.4. The van der Waals surface area contributed by atoms with Gasteiger partial charge in [0.15, 0.2) is 5.69 Å². The molecule has 0 saturated carbocycles. The molecule has 1 N–H and O–H groups in total. The highest BCUT2D eigenvalue weighted by molar-refractivity contribution is 5.93. The fourth-order valence-electron chi connectivity index (χ4n) is 3.46. The van der Waals surface area contributed by atoms with Gasteiger partial charge in [0.25, 0.3) is 0 Å². The lowest BCUT2D eigenvalue weighted by Crippen LogP contribution is -2.20. The highest BCUT2D eigenvalue weighted by atomic mass is 16.5. The summed E-state index contributed by atoms with van der Waals surface area (Å²) < 4.78 is 6.90. The summed E-state index contributed by atoms with van der Waals surface area (Å²) in [6, 6.07) is 17.2. The Hall–Kier alpha value is -3.41. The quantitative estimate of drug-likeness (QED) is 0.496. The third-order valence-electron chi connectivity index (χ3n) is 5.13. The van der Waals surface area contributed by atoms with Crippen molar-refractivity contribution < 1.29 is 14.3 Å². The number of hydrogen-bond donors (Lipinski definition) is 1. The molecule has 0 aliphatic rings. The molecule has 6 nitrogen and oxygen atoms in total. The smallest absolute Gasteiger partial charge is 0.358 e. The lowest BCUT2D eigenvalue weighted by atomic mass is 10.0. The van der Waals surface area contributed by atoms with Gasteiger partial charge in [-0.1, -0.05) is 50.6 Å². The van der Waals surface area contributed by atoms with E-state index in [0.29, 0.717) is 5.69 Å². The first-order valence-corrected chi connectivity index (χ1v) is 10.7. The molecule has 6 heteroatoms. The number of esters is 1. The molecule has 3 rings (SSSR count). The summed E-state index contributed by atoms with van der Waals surface area (Å²) in [6.07, 6.45) is 1.80. The molecule has 1 atom stereocenters. The molecule has 0 spiro atoms. The molecular weight excluding hydrogens is 390 g/mol. The molecule has 1 amide bonds. The number of carbonyl (C=O) groups is 2. The third-order valence-corrected chi connectivity index (χ3v) is 5.13. The largest absolute Gasteiger partial charge is 0.461 e. The predicted octanol–water partition coefficient (Wildman–Crippen LogP) is 5.40. The van der Waals surface area contributed by atoms with Gasteiger partial charge in [-0.25, -0.2) is 9.48 Å². The maximum Gasteiger partial charge on any atom is 0.358 e. The lowest BCUT2D eigenvalue weighted by molar-refractivity contribution is -0.119. The minimum absolute atomic E-state index is 0.00127. The minimum atomic E-state index is -0.464. The van der Waals surface area contributed by atoms with E-state index in [-0.39, 0.29) is 24.1 Å². The SMILES string of the molecule is CCC[C@@H](C)C(=O)Nc1cccc(-c2cc(C(=O)OCC)nn2-c2ccccc2C)c1. The van der Waals surface area contributed by atoms with Crippen molar-refractivity contribution in [2.45, 2.75) is 40.5 Å². The number of benzene rings is 2. The number of nitrogens with zero attached hydrogens (tertiary/aromatic N) is 2. The lowest BCUT2D eigenvalue weighted by Gasteiger charge is -2.13. The van der Waals surface area contributed by atoms with Crippen LogP contribution in [0.15, 0.2) is 54.6 Å². The number of aromatic nitrogens is 2. The highest BCUT2D eigenvalue weighted by Crippen LogP contribution is 2.28. The van der Waals surface area contributed by atoms with E-state index in [1.165, 1.54) is 0 Å². The molecule has 0 bridgehead atoms. The van der Waals surface area contributed by atoms with Crippen molar-refractivity contribution in [2.75, 3.05) is 11.9 Å². The normalized spacial score (nSPS) is 11.7. The van der Waals surface area contributed by atoms with Crippen LogP contribution < -0.4 is 5.32 Å². The van der Waals surface area contributed by atoms with Crippen molar-refractivity contribution in [3.05, 3.63) is 65.9 Å². The van der Waals surface area contributed by atoms with Crippen LogP contribution in [0, 0.1) is 12.8 Å². The Bertz CT molecular complexity index is 1070. The van der Waals surface area contributed by atoms with Crippen LogP contribution in [0.3, 0.4) is 0 Å². The number of rotatable bonds is 8. The van der Waals surface area contributed by atoms with Gasteiger partial charge < -0.3 is 10.1 Å². The first-order chi connectivity index (χ1) is 14.9. The van der Waals surface area contributed by atoms with E-state index in [0.717, 1.165) is 35.3 Å². The second kappa shape index (κ2) is 10.1. The van der Waals surface area contributed by atoms with Crippen LogP contribution in [-0.4, -0.2) is 28.3 Å². The number of carbonyl (C=O) groups excluding carboxylic acids is 2. The summed E-state index contributed by atoms with van der Waals surface area (Å²) in [5.74, 6) is -0.519. The minimum Gasteiger partial charge on any atom is -0.461 e. The van der Waals surface area contributed by atoms with Gasteiger partial charge in [-0.3, -0.25) is 4.79 Å². The van der Waals surface area contributed by atoms with Crippen molar-refractivity contribution in [3.63, 3.8) is 0 Å². The highest BCUT2D eigenvalue weighted by Gasteiger charge is 2.19. The van der Waals surface area contributed by atoms with Crippen molar-refractivity contribution in [2.24, 2.45) is 5.92 Å². The monoisotopic (exact) mass is 419 g/mol. The Labute approximate surface area is 183 Å². The van der Waals surface area contributed by atoms with Gasteiger partial charge in [-0.05, 0) is 50.1 Å². The molecule has 2 aromatic carbocycles. The molecule has 0 radical (unpaired) electrons. The third kappa shape index (κ3) is 5.20. The number of anilines is 1. The summed E-state index contributed by atoms with van der Waals surface area (Å²) in [5, 5.41) is 7.53. The van der Waals surface area contributed by atoms with Crippen LogP contribution in [0.25, 0.3) is 16.9 Å². The molecule has 0 aliphatic carbocycles. The second-order valence-corrected chi connectivity index (χ2v) is 7.59. The maximum absolute atomic E-state index is 12.5. The topological polar surface area (TPSA) is 73.2 Å². The van der Waals surface area contributed by atoms with E-state index in [2.05, 4.69) is 17.3 Å². The molecule has 0 saturated heterocycles. The Morgan fingerprint density at radius 3 is 2.58 bits per heavy atom. The van der Waals surface area contributed by atoms with E-state index in [4.69, 9.17) is 4.74 Å². The molecule has 1 heterocycles. The van der Waals surface area contributed by atoms with E-state index < -0.39 is 5.97 Å². The Kier molecular flexibility index (Phi) is 7.23. The average Bonchev–Trinajstić information content (AvgIpc) is 3.20. The molecular formula is C25H29N3O3. The number of hydrogen-bond acceptors (Lipinski definition) is 4. The van der Waals surface area contributed by atoms with Crippen LogP contribution >= 0.6 is 0 Å². The first-order valence-electron chi connectivity index (χ1n) is 10.7. The molecule has 0 unspecified atom stereocenters. The summed E-state index contributed by atoms with van der Waals surface area (Å²) in [5.41, 5.74) is 4.44.